The van der Waals surface area contributed by atoms with Gasteiger partial charge in [-0.2, -0.15) is 5.10 Å². The highest BCUT2D eigenvalue weighted by Gasteiger charge is 2.09. The van der Waals surface area contributed by atoms with E-state index >= 15 is 0 Å². The summed E-state index contributed by atoms with van der Waals surface area (Å²) in [5.74, 6) is 0.994. The van der Waals surface area contributed by atoms with Crippen molar-refractivity contribution in [2.24, 2.45) is 15.9 Å². The third-order valence-corrected chi connectivity index (χ3v) is 4.13. The maximum atomic E-state index is 9.94. The summed E-state index contributed by atoms with van der Waals surface area (Å²) in [6, 6.07) is 13.2. The van der Waals surface area contributed by atoms with Gasteiger partial charge in [0.2, 0.25) is 0 Å². The van der Waals surface area contributed by atoms with Crippen LogP contribution in [0.4, 0.5) is 0 Å². The normalized spacial score (nSPS) is 11.8. The zero-order valence-corrected chi connectivity index (χ0v) is 14.0. The number of rotatable bonds is 5. The lowest BCUT2D eigenvalue weighted by molar-refractivity contribution is 0.408. The number of aromatic hydroxyl groups is 1. The summed E-state index contributed by atoms with van der Waals surface area (Å²) in [6.45, 7) is 0. The molecule has 0 aliphatic heterocycles. The molecule has 2 rings (SSSR count). The van der Waals surface area contributed by atoms with E-state index in [1.54, 1.807) is 12.1 Å². The van der Waals surface area contributed by atoms with Gasteiger partial charge in [0.05, 0.1) is 13.3 Å². The smallest absolute Gasteiger partial charge is 0.180 e. The monoisotopic (exact) mass is 349 g/mol. The number of ether oxygens (including phenoxy) is 1. The van der Waals surface area contributed by atoms with Gasteiger partial charge in [-0.25, -0.2) is 0 Å². The van der Waals surface area contributed by atoms with E-state index in [1.165, 1.54) is 25.1 Å². The van der Waals surface area contributed by atoms with Crippen LogP contribution in [0.2, 0.25) is 5.02 Å². The van der Waals surface area contributed by atoms with Gasteiger partial charge in [0.1, 0.15) is 16.5 Å². The molecule has 0 fully saturated rings. The maximum Gasteiger partial charge on any atom is 0.180 e. The van der Waals surface area contributed by atoms with Gasteiger partial charge in [-0.3, -0.25) is 0 Å². The van der Waals surface area contributed by atoms with E-state index in [2.05, 4.69) is 10.2 Å². The van der Waals surface area contributed by atoms with Crippen LogP contribution < -0.4 is 10.5 Å². The number of halogens is 1. The van der Waals surface area contributed by atoms with Gasteiger partial charge >= 0.3 is 0 Å². The molecular weight excluding hydrogens is 334 g/mol. The molecule has 0 aliphatic rings. The molecule has 0 aliphatic carbocycles. The van der Waals surface area contributed by atoms with E-state index in [1.807, 2.05) is 30.3 Å². The summed E-state index contributed by atoms with van der Waals surface area (Å²) in [5, 5.41) is 18.2. The van der Waals surface area contributed by atoms with Crippen LogP contribution in [-0.4, -0.2) is 23.6 Å². The second kappa shape index (κ2) is 8.45. The maximum absolute atomic E-state index is 9.94. The molecule has 2 aromatic rings. The molecule has 3 N–H and O–H groups in total. The number of hydrogen-bond acceptors (Lipinski definition) is 5. The van der Waals surface area contributed by atoms with Crippen LogP contribution in [0.5, 0.6) is 11.5 Å². The third kappa shape index (κ3) is 4.91. The van der Waals surface area contributed by atoms with E-state index in [9.17, 15) is 5.11 Å². The Morgan fingerprint density at radius 3 is 2.74 bits per heavy atom. The van der Waals surface area contributed by atoms with Crippen LogP contribution >= 0.6 is 23.4 Å². The largest absolute Gasteiger partial charge is 0.506 e. The lowest BCUT2D eigenvalue weighted by Crippen LogP contribution is -2.06. The highest BCUT2D eigenvalue weighted by Crippen LogP contribution is 2.35. The Morgan fingerprint density at radius 1 is 1.30 bits per heavy atom. The molecule has 23 heavy (non-hydrogen) atoms. The van der Waals surface area contributed by atoms with Crippen LogP contribution in [0.15, 0.2) is 52.7 Å². The molecule has 0 heterocycles. The Labute approximate surface area is 143 Å². The summed E-state index contributed by atoms with van der Waals surface area (Å²) in [7, 11) is 1.48. The first-order valence-corrected chi connectivity index (χ1v) is 8.07. The van der Waals surface area contributed by atoms with Crippen LogP contribution in [0.3, 0.4) is 0 Å². The number of amidine groups is 1. The molecule has 0 atom stereocenters. The van der Waals surface area contributed by atoms with Crippen molar-refractivity contribution in [1.29, 1.82) is 0 Å². The van der Waals surface area contributed by atoms with Crippen molar-refractivity contribution >= 4 is 34.7 Å². The van der Waals surface area contributed by atoms with Gasteiger partial charge in [0.25, 0.3) is 0 Å². The molecule has 0 amide bonds. The number of benzene rings is 2. The Balaban J connectivity index is 1.98. The lowest BCUT2D eigenvalue weighted by Gasteiger charge is -2.06. The van der Waals surface area contributed by atoms with Gasteiger partial charge in [0.15, 0.2) is 5.17 Å². The molecule has 0 unspecified atom stereocenters. The van der Waals surface area contributed by atoms with Gasteiger partial charge in [-0.05, 0) is 17.7 Å². The second-order valence-corrected chi connectivity index (χ2v) is 5.85. The first kappa shape index (κ1) is 17.2. The van der Waals surface area contributed by atoms with Gasteiger partial charge in [0, 0.05) is 11.3 Å². The van der Waals surface area contributed by atoms with Crippen molar-refractivity contribution in [3.05, 3.63) is 58.6 Å². The number of nitrogens with two attached hydrogens (primary N) is 1. The minimum absolute atomic E-state index is 0.111. The summed E-state index contributed by atoms with van der Waals surface area (Å²) in [5.41, 5.74) is 7.37. The Bertz CT molecular complexity index is 721. The van der Waals surface area contributed by atoms with Crippen molar-refractivity contribution in [1.82, 2.24) is 0 Å². The van der Waals surface area contributed by atoms with E-state index < -0.39 is 0 Å². The molecule has 7 heteroatoms. The van der Waals surface area contributed by atoms with E-state index in [4.69, 9.17) is 22.1 Å². The predicted octanol–water partition coefficient (Wildman–Crippen LogP) is 3.64. The summed E-state index contributed by atoms with van der Waals surface area (Å²) in [4.78, 5) is 0. The Kier molecular flexibility index (Phi) is 6.31. The molecule has 120 valence electrons. The fraction of sp³-hybridized carbons (Fsp3) is 0.125. The van der Waals surface area contributed by atoms with Gasteiger partial charge < -0.3 is 15.6 Å². The van der Waals surface area contributed by atoms with Gasteiger partial charge in [-0.15, -0.1) is 5.10 Å². The standard InChI is InChI=1S/C16H16ClN3O2S/c1-22-13-8-7-12(15(21)14(13)17)9-19-20-16(18)23-10-11-5-3-2-4-6-11/h2-9,21H,10H2,1H3,(H2,18,20). The highest BCUT2D eigenvalue weighted by molar-refractivity contribution is 8.13. The minimum atomic E-state index is -0.111. The SMILES string of the molecule is COc1ccc(C=NN=C(N)SCc2ccccc2)c(O)c1Cl. The first-order valence-electron chi connectivity index (χ1n) is 6.70. The minimum Gasteiger partial charge on any atom is -0.506 e. The molecule has 5 nitrogen and oxygen atoms in total. The third-order valence-electron chi connectivity index (χ3n) is 2.91. The molecule has 0 spiro atoms. The van der Waals surface area contributed by atoms with Gasteiger partial charge in [-0.1, -0.05) is 53.7 Å². The average molecular weight is 350 g/mol. The van der Waals surface area contributed by atoms with Crippen molar-refractivity contribution < 1.29 is 9.84 Å². The second-order valence-electron chi connectivity index (χ2n) is 4.48. The molecular formula is C16H16ClN3O2S. The molecule has 0 radical (unpaired) electrons. The van der Waals surface area contributed by atoms with Crippen molar-refractivity contribution in [3.8, 4) is 11.5 Å². The van der Waals surface area contributed by atoms with Crippen LogP contribution in [0, 0.1) is 0 Å². The number of thioether (sulfide) groups is 1. The van der Waals surface area contributed by atoms with Crippen molar-refractivity contribution in [3.63, 3.8) is 0 Å². The zero-order valence-electron chi connectivity index (χ0n) is 12.4. The molecule has 2 aromatic carbocycles. The summed E-state index contributed by atoms with van der Waals surface area (Å²) < 4.78 is 5.01. The van der Waals surface area contributed by atoms with Crippen molar-refractivity contribution in [2.45, 2.75) is 5.75 Å². The van der Waals surface area contributed by atoms with E-state index in [0.717, 1.165) is 5.56 Å². The van der Waals surface area contributed by atoms with E-state index in [-0.39, 0.29) is 10.8 Å². The number of phenolic OH excluding ortho intramolecular Hbond substituents is 1. The Hall–Kier alpha value is -2.18. The topological polar surface area (TPSA) is 80.2 Å². The van der Waals surface area contributed by atoms with Crippen molar-refractivity contribution in [2.75, 3.05) is 7.11 Å². The Morgan fingerprint density at radius 2 is 2.04 bits per heavy atom. The first-order chi connectivity index (χ1) is 11.1. The molecule has 0 saturated carbocycles. The lowest BCUT2D eigenvalue weighted by atomic mass is 10.2. The van der Waals surface area contributed by atoms with Crippen LogP contribution in [0.1, 0.15) is 11.1 Å². The van der Waals surface area contributed by atoms with Crippen LogP contribution in [-0.2, 0) is 5.75 Å². The van der Waals surface area contributed by atoms with E-state index in [0.29, 0.717) is 22.2 Å². The fourth-order valence-electron chi connectivity index (χ4n) is 1.73. The fourth-order valence-corrected chi connectivity index (χ4v) is 2.59. The summed E-state index contributed by atoms with van der Waals surface area (Å²) in [6.07, 6.45) is 1.39. The predicted molar refractivity (Wildman–Crippen MR) is 96.6 cm³/mol. The average Bonchev–Trinajstić information content (AvgIpc) is 2.58. The quantitative estimate of drug-likeness (QED) is 0.490. The summed E-state index contributed by atoms with van der Waals surface area (Å²) >= 11 is 7.34. The molecule has 0 bridgehead atoms. The van der Waals surface area contributed by atoms with Crippen LogP contribution in [0.25, 0.3) is 0 Å². The number of nitrogens with zero attached hydrogens (tertiary/aromatic N) is 2. The zero-order chi connectivity index (χ0) is 16.7. The highest BCUT2D eigenvalue weighted by atomic mass is 35.5. The number of methoxy groups -OCH3 is 1. The molecule has 0 aromatic heterocycles. The number of hydrogen-bond donors (Lipinski definition) is 2. The molecule has 0 saturated heterocycles. The number of phenols is 1.